The van der Waals surface area contributed by atoms with E-state index in [9.17, 15) is 8.42 Å². The minimum absolute atomic E-state index is 0.0658. The van der Waals surface area contributed by atoms with Gasteiger partial charge in [-0.25, -0.2) is 8.42 Å². The number of methoxy groups -OCH3 is 1. The Morgan fingerprint density at radius 2 is 2.14 bits per heavy atom. The highest BCUT2D eigenvalue weighted by Gasteiger charge is 2.25. The van der Waals surface area contributed by atoms with E-state index >= 15 is 0 Å². The van der Waals surface area contributed by atoms with E-state index in [-0.39, 0.29) is 11.4 Å². The highest BCUT2D eigenvalue weighted by Crippen LogP contribution is 2.25. The molecule has 0 unspecified atom stereocenters. The van der Waals surface area contributed by atoms with Gasteiger partial charge in [0.25, 0.3) is 0 Å². The molecule has 0 aliphatic heterocycles. The molecule has 116 valence electrons. The van der Waals surface area contributed by atoms with Gasteiger partial charge in [-0.15, -0.1) is 6.42 Å². The second-order valence-corrected chi connectivity index (χ2v) is 6.37. The van der Waals surface area contributed by atoms with Crippen molar-refractivity contribution in [2.75, 3.05) is 33.8 Å². The Hall–Kier alpha value is -1.55. The van der Waals surface area contributed by atoms with Crippen LogP contribution in [-0.2, 0) is 16.4 Å². The van der Waals surface area contributed by atoms with Crippen LogP contribution in [0.3, 0.4) is 0 Å². The van der Waals surface area contributed by atoms with Gasteiger partial charge in [-0.1, -0.05) is 12.8 Å². The van der Waals surface area contributed by atoms with E-state index in [2.05, 4.69) is 11.2 Å². The Balaban J connectivity index is 3.29. The lowest BCUT2D eigenvalue weighted by Crippen LogP contribution is -2.32. The van der Waals surface area contributed by atoms with Gasteiger partial charge in [-0.3, -0.25) is 0 Å². The summed E-state index contributed by atoms with van der Waals surface area (Å²) in [6, 6.07) is 4.99. The van der Waals surface area contributed by atoms with Gasteiger partial charge in [0.15, 0.2) is 0 Å². The number of ether oxygens (including phenoxy) is 1. The molecule has 1 N–H and O–H groups in total. The topological polar surface area (TPSA) is 58.6 Å². The molecule has 1 aromatic carbocycles. The summed E-state index contributed by atoms with van der Waals surface area (Å²) >= 11 is 0. The van der Waals surface area contributed by atoms with Crippen molar-refractivity contribution < 1.29 is 13.2 Å². The second-order valence-electron chi connectivity index (χ2n) is 4.46. The predicted octanol–water partition coefficient (Wildman–Crippen LogP) is 1.10. The second kappa shape index (κ2) is 8.03. The van der Waals surface area contributed by atoms with Gasteiger partial charge in [0.05, 0.1) is 18.6 Å². The summed E-state index contributed by atoms with van der Waals surface area (Å²) in [5.74, 6) is 3.03. The van der Waals surface area contributed by atoms with Crippen LogP contribution in [0.1, 0.15) is 12.5 Å². The van der Waals surface area contributed by atoms with Gasteiger partial charge < -0.3 is 10.1 Å². The monoisotopic (exact) mass is 310 g/mol. The fourth-order valence-electron chi connectivity index (χ4n) is 2.00. The maximum Gasteiger partial charge on any atom is 0.244 e. The van der Waals surface area contributed by atoms with Gasteiger partial charge in [0.1, 0.15) is 5.75 Å². The van der Waals surface area contributed by atoms with E-state index in [0.717, 1.165) is 5.56 Å². The first-order chi connectivity index (χ1) is 10.0. The number of likely N-dealkylation sites (N-methyl/N-ethyl adjacent to an activating group) is 1. The first kappa shape index (κ1) is 17.5. The number of rotatable bonds is 8. The molecule has 21 heavy (non-hydrogen) atoms. The van der Waals surface area contributed by atoms with Crippen LogP contribution >= 0.6 is 0 Å². The highest BCUT2D eigenvalue weighted by molar-refractivity contribution is 7.89. The maximum atomic E-state index is 12.7. The normalized spacial score (nSPS) is 11.4. The molecule has 6 heteroatoms. The van der Waals surface area contributed by atoms with Gasteiger partial charge in [0.2, 0.25) is 10.0 Å². The minimum Gasteiger partial charge on any atom is -0.497 e. The molecule has 5 nitrogen and oxygen atoms in total. The SMILES string of the molecule is C#CCN(CC)S(=O)(=O)c1ccc(OC)cc1CCNC. The van der Waals surface area contributed by atoms with Crippen LogP contribution < -0.4 is 10.1 Å². The molecule has 0 fully saturated rings. The van der Waals surface area contributed by atoms with Gasteiger partial charge in [-0.05, 0) is 43.8 Å². The summed E-state index contributed by atoms with van der Waals surface area (Å²) in [4.78, 5) is 0.288. The number of hydrogen-bond donors (Lipinski definition) is 1. The third-order valence-electron chi connectivity index (χ3n) is 3.15. The zero-order valence-electron chi connectivity index (χ0n) is 12.7. The maximum absolute atomic E-state index is 12.7. The van der Waals surface area contributed by atoms with Crippen molar-refractivity contribution in [1.29, 1.82) is 0 Å². The third-order valence-corrected chi connectivity index (χ3v) is 5.17. The van der Waals surface area contributed by atoms with Gasteiger partial charge in [-0.2, -0.15) is 4.31 Å². The smallest absolute Gasteiger partial charge is 0.244 e. The molecule has 0 radical (unpaired) electrons. The van der Waals surface area contributed by atoms with Crippen molar-refractivity contribution in [2.45, 2.75) is 18.2 Å². The molecule has 0 aliphatic rings. The van der Waals surface area contributed by atoms with Crippen LogP contribution in [0.25, 0.3) is 0 Å². The molecule has 0 bridgehead atoms. The lowest BCUT2D eigenvalue weighted by Gasteiger charge is -2.20. The fraction of sp³-hybridized carbons (Fsp3) is 0.467. The number of nitrogens with zero attached hydrogens (tertiary/aromatic N) is 1. The van der Waals surface area contributed by atoms with Crippen LogP contribution in [0.4, 0.5) is 0 Å². The first-order valence-electron chi connectivity index (χ1n) is 6.76. The number of nitrogens with one attached hydrogen (secondary N) is 1. The highest BCUT2D eigenvalue weighted by atomic mass is 32.2. The average Bonchev–Trinajstić information content (AvgIpc) is 2.49. The Morgan fingerprint density at radius 3 is 2.67 bits per heavy atom. The molecule has 0 aromatic heterocycles. The predicted molar refractivity (Wildman–Crippen MR) is 83.9 cm³/mol. The molecule has 0 atom stereocenters. The van der Waals surface area contributed by atoms with E-state index in [0.29, 0.717) is 25.3 Å². The Morgan fingerprint density at radius 1 is 1.43 bits per heavy atom. The molecular weight excluding hydrogens is 288 g/mol. The van der Waals surface area contributed by atoms with Gasteiger partial charge >= 0.3 is 0 Å². The quantitative estimate of drug-likeness (QED) is 0.731. The summed E-state index contributed by atoms with van der Waals surface area (Å²) in [5, 5.41) is 3.02. The Bertz CT molecular complexity index is 606. The lowest BCUT2D eigenvalue weighted by atomic mass is 10.1. The molecule has 0 saturated carbocycles. The van der Waals surface area contributed by atoms with E-state index < -0.39 is 10.0 Å². The Kier molecular flexibility index (Phi) is 6.69. The lowest BCUT2D eigenvalue weighted by molar-refractivity contribution is 0.413. The van der Waals surface area contributed by atoms with E-state index in [4.69, 9.17) is 11.2 Å². The molecule has 0 amide bonds. The van der Waals surface area contributed by atoms with Crippen molar-refractivity contribution in [2.24, 2.45) is 0 Å². The fourth-order valence-corrected chi connectivity index (χ4v) is 3.59. The minimum atomic E-state index is -3.59. The molecule has 1 aromatic rings. The van der Waals surface area contributed by atoms with Crippen molar-refractivity contribution in [3.8, 4) is 18.1 Å². The van der Waals surface area contributed by atoms with Crippen molar-refractivity contribution >= 4 is 10.0 Å². The number of terminal acetylenes is 1. The summed E-state index contributed by atoms with van der Waals surface area (Å²) < 4.78 is 31.9. The van der Waals surface area contributed by atoms with Crippen LogP contribution in [0.5, 0.6) is 5.75 Å². The van der Waals surface area contributed by atoms with Crippen molar-refractivity contribution in [1.82, 2.24) is 9.62 Å². The van der Waals surface area contributed by atoms with Crippen LogP contribution in [-0.4, -0.2) is 46.5 Å². The summed E-state index contributed by atoms with van der Waals surface area (Å²) in [5.41, 5.74) is 0.721. The summed E-state index contributed by atoms with van der Waals surface area (Å²) in [6.07, 6.45) is 5.85. The van der Waals surface area contributed by atoms with Gasteiger partial charge in [0, 0.05) is 6.54 Å². The van der Waals surface area contributed by atoms with Crippen LogP contribution in [0.15, 0.2) is 23.1 Å². The summed E-state index contributed by atoms with van der Waals surface area (Å²) in [6.45, 7) is 2.85. The number of benzene rings is 1. The van der Waals surface area contributed by atoms with Crippen LogP contribution in [0, 0.1) is 12.3 Å². The Labute approximate surface area is 127 Å². The van der Waals surface area contributed by atoms with Crippen LogP contribution in [0.2, 0.25) is 0 Å². The molecule has 0 saturated heterocycles. The van der Waals surface area contributed by atoms with Crippen molar-refractivity contribution in [3.63, 3.8) is 0 Å². The largest absolute Gasteiger partial charge is 0.497 e. The average molecular weight is 310 g/mol. The first-order valence-corrected chi connectivity index (χ1v) is 8.20. The third kappa shape index (κ3) is 4.21. The number of sulfonamides is 1. The standard InChI is InChI=1S/C15H22N2O3S/c1-5-11-17(6-2)21(18,19)15-8-7-14(20-4)12-13(15)9-10-16-3/h1,7-8,12,16H,6,9-11H2,2-4H3. The summed E-state index contributed by atoms with van der Waals surface area (Å²) in [7, 11) is -0.210. The number of hydrogen-bond acceptors (Lipinski definition) is 4. The van der Waals surface area contributed by atoms with E-state index in [1.807, 2.05) is 7.05 Å². The molecule has 1 rings (SSSR count). The molecule has 0 spiro atoms. The molecule has 0 heterocycles. The van der Waals surface area contributed by atoms with Crippen molar-refractivity contribution in [3.05, 3.63) is 23.8 Å². The van der Waals surface area contributed by atoms with E-state index in [1.54, 1.807) is 32.2 Å². The van der Waals surface area contributed by atoms with E-state index in [1.165, 1.54) is 4.31 Å². The zero-order chi connectivity index (χ0) is 15.9. The zero-order valence-corrected chi connectivity index (χ0v) is 13.5. The molecular formula is C15H22N2O3S. The molecule has 0 aliphatic carbocycles.